The van der Waals surface area contributed by atoms with Crippen LogP contribution in [-0.4, -0.2) is 26.5 Å². The number of imidazole rings is 1. The van der Waals surface area contributed by atoms with Gasteiger partial charge in [-0.15, -0.1) is 0 Å². The highest BCUT2D eigenvalue weighted by Crippen LogP contribution is 2.22. The molecule has 0 aromatic carbocycles. The molecule has 0 aliphatic carbocycles. The van der Waals surface area contributed by atoms with E-state index in [0.717, 1.165) is 11.3 Å². The van der Waals surface area contributed by atoms with Gasteiger partial charge < -0.3 is 15.2 Å². The van der Waals surface area contributed by atoms with Crippen molar-refractivity contribution >= 4 is 11.6 Å². The second kappa shape index (κ2) is 4.55. The Bertz CT molecular complexity index is 500. The number of carboxylic acid groups (broad SMARTS) is 1. The topological polar surface area (TPSA) is 80.6 Å². The fraction of sp³-hybridized carbons (Fsp3) is 0.333. The number of fused-ring (bicyclic) bond motifs is 1. The highest BCUT2D eigenvalue weighted by molar-refractivity contribution is 5.68. The van der Waals surface area contributed by atoms with Gasteiger partial charge in [0.05, 0.1) is 12.1 Å². The summed E-state index contributed by atoms with van der Waals surface area (Å²) in [5, 5.41) is 8.88. The smallest absolute Gasteiger partial charge is 0.304 e. The largest absolute Gasteiger partial charge is 0.481 e. The lowest BCUT2D eigenvalue weighted by Crippen LogP contribution is -2.27. The molecule has 5 heteroatoms. The van der Waals surface area contributed by atoms with Crippen molar-refractivity contribution in [3.05, 3.63) is 36.3 Å². The van der Waals surface area contributed by atoms with Crippen LogP contribution in [-0.2, 0) is 4.79 Å². The summed E-state index contributed by atoms with van der Waals surface area (Å²) in [7, 11) is 0. The molecule has 2 aromatic rings. The fourth-order valence-electron chi connectivity index (χ4n) is 1.88. The molecule has 2 atom stereocenters. The van der Waals surface area contributed by atoms with Gasteiger partial charge in [-0.1, -0.05) is 6.07 Å². The van der Waals surface area contributed by atoms with Crippen molar-refractivity contribution in [1.29, 1.82) is 0 Å². The van der Waals surface area contributed by atoms with Crippen LogP contribution in [0.1, 0.15) is 25.0 Å². The first-order valence-corrected chi connectivity index (χ1v) is 5.49. The Kier molecular flexibility index (Phi) is 3.10. The first-order valence-electron chi connectivity index (χ1n) is 5.49. The van der Waals surface area contributed by atoms with Crippen molar-refractivity contribution in [3.8, 4) is 0 Å². The summed E-state index contributed by atoms with van der Waals surface area (Å²) < 4.78 is 1.87. The van der Waals surface area contributed by atoms with E-state index >= 15 is 0 Å². The third-order valence-electron chi connectivity index (χ3n) is 2.79. The zero-order valence-corrected chi connectivity index (χ0v) is 9.58. The quantitative estimate of drug-likeness (QED) is 0.832. The van der Waals surface area contributed by atoms with Crippen molar-refractivity contribution < 1.29 is 9.90 Å². The number of carbonyl (C=O) groups is 1. The number of hydrogen-bond acceptors (Lipinski definition) is 3. The lowest BCUT2D eigenvalue weighted by molar-refractivity contribution is -0.137. The van der Waals surface area contributed by atoms with Crippen LogP contribution in [0.2, 0.25) is 0 Å². The first-order chi connectivity index (χ1) is 8.08. The van der Waals surface area contributed by atoms with E-state index in [0.29, 0.717) is 0 Å². The van der Waals surface area contributed by atoms with E-state index in [9.17, 15) is 4.79 Å². The van der Waals surface area contributed by atoms with Crippen LogP contribution in [0.5, 0.6) is 0 Å². The van der Waals surface area contributed by atoms with Gasteiger partial charge in [-0.2, -0.15) is 0 Å². The molecule has 5 nitrogen and oxygen atoms in total. The van der Waals surface area contributed by atoms with Crippen LogP contribution < -0.4 is 5.73 Å². The molecule has 0 aliphatic rings. The van der Waals surface area contributed by atoms with Crippen molar-refractivity contribution in [3.63, 3.8) is 0 Å². The molecular weight excluding hydrogens is 218 g/mol. The molecule has 0 amide bonds. The van der Waals surface area contributed by atoms with E-state index in [-0.39, 0.29) is 18.4 Å². The highest BCUT2D eigenvalue weighted by Gasteiger charge is 2.22. The monoisotopic (exact) mass is 233 g/mol. The molecule has 0 saturated heterocycles. The van der Waals surface area contributed by atoms with Crippen LogP contribution >= 0.6 is 0 Å². The number of hydrogen-bond donors (Lipinski definition) is 2. The van der Waals surface area contributed by atoms with Crippen LogP contribution in [0, 0.1) is 0 Å². The predicted molar refractivity (Wildman–Crippen MR) is 63.8 cm³/mol. The summed E-state index contributed by atoms with van der Waals surface area (Å²) in [5.74, 6) is -1.11. The fourth-order valence-corrected chi connectivity index (χ4v) is 1.88. The SMILES string of the molecule is CC(N)C(CC(=O)O)c1cn2ccccc2n1. The minimum Gasteiger partial charge on any atom is -0.481 e. The van der Waals surface area contributed by atoms with E-state index in [1.807, 2.05) is 35.0 Å². The molecule has 17 heavy (non-hydrogen) atoms. The molecular formula is C12H15N3O2. The molecule has 0 aliphatic heterocycles. The summed E-state index contributed by atoms with van der Waals surface area (Å²) >= 11 is 0. The van der Waals surface area contributed by atoms with E-state index in [1.165, 1.54) is 0 Å². The van der Waals surface area contributed by atoms with Crippen LogP contribution in [0.15, 0.2) is 30.6 Å². The van der Waals surface area contributed by atoms with Gasteiger partial charge in [-0.25, -0.2) is 4.98 Å². The minimum atomic E-state index is -0.857. The highest BCUT2D eigenvalue weighted by atomic mass is 16.4. The molecule has 0 fully saturated rings. The summed E-state index contributed by atoms with van der Waals surface area (Å²) in [6.45, 7) is 1.80. The normalized spacial score (nSPS) is 14.7. The van der Waals surface area contributed by atoms with Gasteiger partial charge in [0, 0.05) is 24.4 Å². The van der Waals surface area contributed by atoms with Gasteiger partial charge in [-0.3, -0.25) is 4.79 Å². The maximum Gasteiger partial charge on any atom is 0.304 e. The predicted octanol–water partition coefficient (Wildman–Crippen LogP) is 1.24. The third-order valence-corrected chi connectivity index (χ3v) is 2.79. The van der Waals surface area contributed by atoms with Gasteiger partial charge in [0.2, 0.25) is 0 Å². The van der Waals surface area contributed by atoms with E-state index in [4.69, 9.17) is 10.8 Å². The standard InChI is InChI=1S/C12H15N3O2/c1-8(13)9(6-12(16)17)10-7-15-5-3-2-4-11(15)14-10/h2-5,7-9H,6,13H2,1H3,(H,16,17). The van der Waals surface area contributed by atoms with Gasteiger partial charge >= 0.3 is 5.97 Å². The van der Waals surface area contributed by atoms with E-state index < -0.39 is 5.97 Å². The maximum absolute atomic E-state index is 10.8. The Morgan fingerprint density at radius 3 is 2.94 bits per heavy atom. The number of pyridine rings is 1. The molecule has 3 N–H and O–H groups in total. The van der Waals surface area contributed by atoms with Gasteiger partial charge in [0.1, 0.15) is 5.65 Å². The molecule has 90 valence electrons. The van der Waals surface area contributed by atoms with Crippen molar-refractivity contribution in [1.82, 2.24) is 9.38 Å². The molecule has 2 aromatic heterocycles. The zero-order valence-electron chi connectivity index (χ0n) is 9.58. The van der Waals surface area contributed by atoms with Gasteiger partial charge in [-0.05, 0) is 19.1 Å². The summed E-state index contributed by atoms with van der Waals surface area (Å²) in [5.41, 5.74) is 7.36. The Morgan fingerprint density at radius 2 is 2.35 bits per heavy atom. The van der Waals surface area contributed by atoms with Crippen LogP contribution in [0.3, 0.4) is 0 Å². The summed E-state index contributed by atoms with van der Waals surface area (Å²) in [4.78, 5) is 15.2. The zero-order chi connectivity index (χ0) is 12.4. The molecule has 0 bridgehead atoms. The lowest BCUT2D eigenvalue weighted by Gasteiger charge is -2.15. The summed E-state index contributed by atoms with van der Waals surface area (Å²) in [6, 6.07) is 5.43. The average molecular weight is 233 g/mol. The maximum atomic E-state index is 10.8. The van der Waals surface area contributed by atoms with E-state index in [2.05, 4.69) is 4.98 Å². The Morgan fingerprint density at radius 1 is 1.59 bits per heavy atom. The molecule has 2 heterocycles. The number of carboxylic acids is 1. The van der Waals surface area contributed by atoms with Crippen LogP contribution in [0.25, 0.3) is 5.65 Å². The summed E-state index contributed by atoms with van der Waals surface area (Å²) in [6.07, 6.45) is 3.72. The molecule has 2 unspecified atom stereocenters. The lowest BCUT2D eigenvalue weighted by atomic mass is 9.95. The average Bonchev–Trinajstić information content (AvgIpc) is 2.68. The second-order valence-electron chi connectivity index (χ2n) is 4.20. The molecule has 0 spiro atoms. The van der Waals surface area contributed by atoms with Crippen molar-refractivity contribution in [2.45, 2.75) is 25.3 Å². The number of rotatable bonds is 4. The number of aliphatic carboxylic acids is 1. The minimum absolute atomic E-state index is 0.00154. The third kappa shape index (κ3) is 2.45. The van der Waals surface area contributed by atoms with Gasteiger partial charge in [0.15, 0.2) is 0 Å². The number of aromatic nitrogens is 2. The molecule has 0 saturated carbocycles. The molecule has 2 rings (SSSR count). The Labute approximate surface area is 98.9 Å². The Balaban J connectivity index is 2.38. The number of nitrogens with zero attached hydrogens (tertiary/aromatic N) is 2. The van der Waals surface area contributed by atoms with E-state index in [1.54, 1.807) is 6.92 Å². The van der Waals surface area contributed by atoms with Crippen molar-refractivity contribution in [2.75, 3.05) is 0 Å². The van der Waals surface area contributed by atoms with Crippen LogP contribution in [0.4, 0.5) is 0 Å². The van der Waals surface area contributed by atoms with Crippen molar-refractivity contribution in [2.24, 2.45) is 5.73 Å². The number of nitrogens with two attached hydrogens (primary N) is 1. The van der Waals surface area contributed by atoms with Gasteiger partial charge in [0.25, 0.3) is 0 Å². The Hall–Kier alpha value is -1.88. The first kappa shape index (κ1) is 11.6. The second-order valence-corrected chi connectivity index (χ2v) is 4.20. The molecule has 0 radical (unpaired) electrons.